The van der Waals surface area contributed by atoms with Crippen LogP contribution in [0.5, 0.6) is 0 Å². The maximum absolute atomic E-state index is 6.69. The quantitative estimate of drug-likeness (QED) is 0.101. The van der Waals surface area contributed by atoms with Crippen molar-refractivity contribution in [3.05, 3.63) is 515 Å². The molecule has 0 spiro atoms. The van der Waals surface area contributed by atoms with Gasteiger partial charge in [0.1, 0.15) is 44.7 Å². The average molecular weight is 1870 g/mol. The summed E-state index contributed by atoms with van der Waals surface area (Å²) in [4.78, 5) is 7.08. The molecule has 1 aliphatic carbocycles. The fraction of sp³-hybridized carbons (Fsp3) is 0.0222. The SMILES string of the molecule is CC1(C)c2ccccc2-c2ccc(N(c3cc(-c4ccccc4)c4oc5ccccc5c4c3)c3cccc4c3oc3ccccc34)cc21.c1ccc(-c2ccc(-c3ccc(N(c4cc(-c5ccccc5)c5oc6ccccc6c5c4)c4cccc5c4oc4ccccc45)cc3)cc2)cc1.c1ccc(-c2ccc(N(c3ccc4sc5ccccc5c4c3)c3cc(-c4ccccc4)c4oc5ccccc5c4c3)cc2)cc1. The summed E-state index contributed by atoms with van der Waals surface area (Å²) in [7, 11) is 0. The summed E-state index contributed by atoms with van der Waals surface area (Å²) in [5.41, 5.74) is 37.0. The summed E-state index contributed by atoms with van der Waals surface area (Å²) >= 11 is 1.85. The number of hydrogen-bond acceptors (Lipinski definition) is 9. The van der Waals surface area contributed by atoms with E-state index in [0.29, 0.717) is 0 Å². The van der Waals surface area contributed by atoms with Crippen molar-refractivity contribution >= 4 is 192 Å². The van der Waals surface area contributed by atoms with Crippen LogP contribution in [0.1, 0.15) is 25.0 Å². The predicted octanol–water partition coefficient (Wildman–Crippen LogP) is 39.6. The monoisotopic (exact) mass is 1860 g/mol. The molecule has 1 aliphatic rings. The molecule has 6 aromatic heterocycles. The molecule has 0 saturated heterocycles. The Morgan fingerprint density at radius 2 is 0.451 bits per heavy atom. The van der Waals surface area contributed by atoms with E-state index in [1.165, 1.54) is 70.2 Å². The Bertz CT molecular complexity index is 9810. The fourth-order valence-corrected chi connectivity index (χ4v) is 22.9. The first-order valence-electron chi connectivity index (χ1n) is 48.9. The largest absolute Gasteiger partial charge is 0.455 e. The summed E-state index contributed by atoms with van der Waals surface area (Å²) in [5.74, 6) is 0. The summed E-state index contributed by atoms with van der Waals surface area (Å²) in [5, 5.41) is 13.5. The number of furan rings is 5. The molecule has 680 valence electrons. The lowest BCUT2D eigenvalue weighted by atomic mass is 9.82. The maximum Gasteiger partial charge on any atom is 0.159 e. The molecule has 22 aromatic carbocycles. The number of rotatable bonds is 15. The van der Waals surface area contributed by atoms with Crippen molar-refractivity contribution < 1.29 is 22.1 Å². The van der Waals surface area contributed by atoms with E-state index in [1.54, 1.807) is 0 Å². The molecule has 0 radical (unpaired) electrons. The maximum atomic E-state index is 6.69. The van der Waals surface area contributed by atoms with Gasteiger partial charge in [0.25, 0.3) is 0 Å². The van der Waals surface area contributed by atoms with E-state index in [9.17, 15) is 0 Å². The van der Waals surface area contributed by atoms with E-state index < -0.39 is 0 Å². The van der Waals surface area contributed by atoms with E-state index in [1.807, 2.05) is 53.8 Å². The molecule has 0 bridgehead atoms. The zero-order valence-electron chi connectivity index (χ0n) is 78.7. The summed E-state index contributed by atoms with van der Waals surface area (Å²) in [6, 6.07) is 179. The second kappa shape index (κ2) is 35.1. The van der Waals surface area contributed by atoms with Crippen molar-refractivity contribution in [3.8, 4) is 77.9 Å². The van der Waals surface area contributed by atoms with Crippen molar-refractivity contribution in [1.82, 2.24) is 0 Å². The summed E-state index contributed by atoms with van der Waals surface area (Å²) in [6.07, 6.45) is 0. The standard InChI is InChI=1S/C48H31NO2.C45H31NO2.C42H27NOS/c1-3-12-32(13-4-1)33-22-24-34(25-23-33)35-26-28-37(29-27-35)49(44-19-11-18-41-39-16-7-9-20-45(39)51-48(41)44)38-30-42(36-14-5-2-6-15-36)47-43(31-38)40-17-8-10-21-46(40)50-47;1-45(2)38-19-9-6-15-31(38)32-24-23-29(27-39(32)45)46(40-20-12-18-35-33-16-7-10-21-41(33)48-44(35)40)30-25-36(28-13-4-3-5-14-28)43-37(26-30)34-17-8-11-22-42(34)47-43;1-3-11-28(12-4-1)29-19-21-31(22-20-29)43(32-23-24-41-37(25-32)35-16-8-10-18-40(35)45-41)33-26-36(30-13-5-2-6-14-30)42-38(27-33)34-15-7-9-17-39(34)44-42/h1-31H;3-27H,1-2H3;1-27H. The molecule has 0 amide bonds. The highest BCUT2D eigenvalue weighted by Gasteiger charge is 2.37. The van der Waals surface area contributed by atoms with E-state index >= 15 is 0 Å². The molecule has 29 rings (SSSR count). The Morgan fingerprint density at radius 1 is 0.167 bits per heavy atom. The second-order valence-corrected chi connectivity index (χ2v) is 38.7. The topological polar surface area (TPSA) is 75.4 Å². The van der Waals surface area contributed by atoms with Gasteiger partial charge in [0.05, 0.1) is 11.4 Å². The van der Waals surface area contributed by atoms with Gasteiger partial charge in [-0.25, -0.2) is 0 Å². The highest BCUT2D eigenvalue weighted by Crippen LogP contribution is 2.55. The number of thiophene rings is 1. The Balaban J connectivity index is 0.000000108. The molecule has 0 N–H and O–H groups in total. The molecule has 0 atom stereocenters. The molecule has 0 aliphatic heterocycles. The van der Waals surface area contributed by atoms with E-state index in [2.05, 4.69) is 490 Å². The van der Waals surface area contributed by atoms with Crippen molar-refractivity contribution in [2.45, 2.75) is 19.3 Å². The van der Waals surface area contributed by atoms with Gasteiger partial charge in [-0.2, -0.15) is 0 Å². The Kier molecular flexibility index (Phi) is 20.7. The van der Waals surface area contributed by atoms with E-state index in [-0.39, 0.29) is 5.41 Å². The van der Waals surface area contributed by atoms with Gasteiger partial charge in [-0.3, -0.25) is 0 Å². The van der Waals surface area contributed by atoms with Crippen LogP contribution >= 0.6 is 11.3 Å². The Labute approximate surface area is 834 Å². The van der Waals surface area contributed by atoms with Crippen LogP contribution in [0, 0.1) is 0 Å². The van der Waals surface area contributed by atoms with E-state index in [4.69, 9.17) is 22.1 Å². The minimum absolute atomic E-state index is 0.140. The Hall–Kier alpha value is -18.5. The first-order valence-corrected chi connectivity index (χ1v) is 49.8. The lowest BCUT2D eigenvalue weighted by Gasteiger charge is -2.28. The highest BCUT2D eigenvalue weighted by atomic mass is 32.1. The molecular formula is C135H89N3O5S. The van der Waals surface area contributed by atoms with Crippen LogP contribution in [0.3, 0.4) is 0 Å². The fourth-order valence-electron chi connectivity index (χ4n) is 21.8. The molecule has 0 saturated carbocycles. The number of anilines is 9. The highest BCUT2D eigenvalue weighted by molar-refractivity contribution is 7.25. The lowest BCUT2D eigenvalue weighted by molar-refractivity contribution is 0.660. The third-order valence-electron chi connectivity index (χ3n) is 28.8. The lowest BCUT2D eigenvalue weighted by Crippen LogP contribution is -2.16. The van der Waals surface area contributed by atoms with Crippen molar-refractivity contribution in [2.75, 3.05) is 14.7 Å². The first kappa shape index (κ1) is 84.7. The molecule has 6 heterocycles. The smallest absolute Gasteiger partial charge is 0.159 e. The summed E-state index contributed by atoms with van der Waals surface area (Å²) < 4.78 is 35.6. The van der Waals surface area contributed by atoms with Gasteiger partial charge in [0.15, 0.2) is 11.2 Å². The second-order valence-electron chi connectivity index (χ2n) is 37.6. The normalized spacial score (nSPS) is 12.2. The van der Waals surface area contributed by atoms with Crippen LogP contribution in [-0.4, -0.2) is 0 Å². The number of benzene rings is 22. The van der Waals surface area contributed by atoms with Crippen LogP contribution in [0.4, 0.5) is 51.2 Å². The number of fused-ring (bicyclic) bond motifs is 21. The molecule has 28 aromatic rings. The van der Waals surface area contributed by atoms with Crippen LogP contribution in [0.2, 0.25) is 0 Å². The molecule has 144 heavy (non-hydrogen) atoms. The molecule has 0 unspecified atom stereocenters. The Morgan fingerprint density at radius 3 is 0.882 bits per heavy atom. The van der Waals surface area contributed by atoms with Gasteiger partial charge in [-0.05, 0) is 212 Å². The van der Waals surface area contributed by atoms with Crippen molar-refractivity contribution in [3.63, 3.8) is 0 Å². The number of nitrogens with zero attached hydrogens (tertiary/aromatic N) is 3. The van der Waals surface area contributed by atoms with Crippen LogP contribution in [-0.2, 0) is 5.41 Å². The molecule has 9 heteroatoms. The van der Waals surface area contributed by atoms with Gasteiger partial charge >= 0.3 is 0 Å². The molecular weight excluding hydrogens is 1780 g/mol. The molecule has 0 fully saturated rings. The van der Waals surface area contributed by atoms with Crippen LogP contribution in [0.25, 0.3) is 208 Å². The van der Waals surface area contributed by atoms with Crippen LogP contribution < -0.4 is 14.7 Å². The van der Waals surface area contributed by atoms with Gasteiger partial charge in [0, 0.05) is 136 Å². The predicted molar refractivity (Wildman–Crippen MR) is 603 cm³/mol. The zero-order chi connectivity index (χ0) is 95.5. The van der Waals surface area contributed by atoms with Crippen LogP contribution in [0.15, 0.2) is 526 Å². The first-order chi connectivity index (χ1) is 71.1. The third-order valence-corrected chi connectivity index (χ3v) is 29.9. The minimum Gasteiger partial charge on any atom is -0.455 e. The summed E-state index contributed by atoms with van der Waals surface area (Å²) in [6.45, 7) is 4.67. The van der Waals surface area contributed by atoms with Gasteiger partial charge in [0.2, 0.25) is 0 Å². The van der Waals surface area contributed by atoms with Gasteiger partial charge < -0.3 is 36.8 Å². The third kappa shape index (κ3) is 14.7. The zero-order valence-corrected chi connectivity index (χ0v) is 79.5. The van der Waals surface area contributed by atoms with Gasteiger partial charge in [-0.1, -0.05) is 378 Å². The number of hydrogen-bond donors (Lipinski definition) is 0. The average Bonchev–Trinajstić information content (AvgIpc) is 1.56. The van der Waals surface area contributed by atoms with Gasteiger partial charge in [-0.15, -0.1) is 11.3 Å². The van der Waals surface area contributed by atoms with Crippen molar-refractivity contribution in [2.24, 2.45) is 0 Å². The van der Waals surface area contributed by atoms with Crippen molar-refractivity contribution in [1.29, 1.82) is 0 Å². The molecule has 8 nitrogen and oxygen atoms in total. The minimum atomic E-state index is -0.140. The number of para-hydroxylation sites is 7. The van der Waals surface area contributed by atoms with E-state index in [0.717, 1.165) is 200 Å².